The van der Waals surface area contributed by atoms with E-state index < -0.39 is 0 Å². The van der Waals surface area contributed by atoms with E-state index in [1.807, 2.05) is 24.0 Å². The van der Waals surface area contributed by atoms with E-state index in [1.54, 1.807) is 12.0 Å². The summed E-state index contributed by atoms with van der Waals surface area (Å²) in [6.07, 6.45) is 0.0617. The standard InChI is InChI=1S/C15H23N3O3S/c1-11-3-4-13(22-11)15(20)18-7-5-17(6-8-18)14(19)9-12(10-16)21-2/h3-4,12H,5-10,16H2,1-2H3. The van der Waals surface area contributed by atoms with Gasteiger partial charge in [0.2, 0.25) is 5.91 Å². The molecule has 0 bridgehead atoms. The van der Waals surface area contributed by atoms with E-state index in [2.05, 4.69) is 0 Å². The lowest BCUT2D eigenvalue weighted by Crippen LogP contribution is -2.51. The zero-order valence-corrected chi connectivity index (χ0v) is 13.9. The van der Waals surface area contributed by atoms with Crippen molar-refractivity contribution < 1.29 is 14.3 Å². The van der Waals surface area contributed by atoms with Crippen molar-refractivity contribution >= 4 is 23.2 Å². The summed E-state index contributed by atoms with van der Waals surface area (Å²) in [5.74, 6) is 0.0956. The van der Waals surface area contributed by atoms with Gasteiger partial charge in [0.1, 0.15) is 0 Å². The van der Waals surface area contributed by atoms with Crippen LogP contribution in [0, 0.1) is 6.92 Å². The summed E-state index contributed by atoms with van der Waals surface area (Å²) < 4.78 is 5.14. The molecule has 1 aliphatic heterocycles. The highest BCUT2D eigenvalue weighted by Crippen LogP contribution is 2.18. The van der Waals surface area contributed by atoms with Crippen LogP contribution in [0.15, 0.2) is 12.1 Å². The van der Waals surface area contributed by atoms with Gasteiger partial charge in [-0.25, -0.2) is 0 Å². The molecular formula is C15H23N3O3S. The van der Waals surface area contributed by atoms with Crippen molar-refractivity contribution in [1.82, 2.24) is 9.80 Å². The van der Waals surface area contributed by atoms with Gasteiger partial charge >= 0.3 is 0 Å². The number of aryl methyl sites for hydroxylation is 1. The Morgan fingerprint density at radius 1 is 1.27 bits per heavy atom. The number of thiophene rings is 1. The van der Waals surface area contributed by atoms with Crippen LogP contribution in [0.2, 0.25) is 0 Å². The van der Waals surface area contributed by atoms with Crippen LogP contribution in [0.25, 0.3) is 0 Å². The fourth-order valence-electron chi connectivity index (χ4n) is 2.45. The molecule has 122 valence electrons. The molecule has 0 spiro atoms. The van der Waals surface area contributed by atoms with Crippen LogP contribution >= 0.6 is 11.3 Å². The predicted octanol–water partition coefficient (Wildman–Crippen LogP) is 0.705. The number of amides is 2. The molecule has 7 heteroatoms. The number of methoxy groups -OCH3 is 1. The average molecular weight is 325 g/mol. The lowest BCUT2D eigenvalue weighted by atomic mass is 10.2. The number of piperazine rings is 1. The molecule has 22 heavy (non-hydrogen) atoms. The van der Waals surface area contributed by atoms with E-state index in [0.29, 0.717) is 39.1 Å². The Bertz CT molecular complexity index is 520. The molecular weight excluding hydrogens is 302 g/mol. The number of hydrogen-bond donors (Lipinski definition) is 1. The highest BCUT2D eigenvalue weighted by Gasteiger charge is 2.26. The second kappa shape index (κ2) is 7.71. The van der Waals surface area contributed by atoms with E-state index in [0.717, 1.165) is 9.75 Å². The van der Waals surface area contributed by atoms with E-state index in [-0.39, 0.29) is 17.9 Å². The molecule has 2 amide bonds. The predicted molar refractivity (Wildman–Crippen MR) is 86.0 cm³/mol. The summed E-state index contributed by atoms with van der Waals surface area (Å²) in [6.45, 7) is 4.59. The topological polar surface area (TPSA) is 75.9 Å². The van der Waals surface area contributed by atoms with E-state index in [4.69, 9.17) is 10.5 Å². The zero-order valence-electron chi connectivity index (χ0n) is 13.1. The number of nitrogens with zero attached hydrogens (tertiary/aromatic N) is 2. The molecule has 1 aromatic heterocycles. The summed E-state index contributed by atoms with van der Waals surface area (Å²) in [5, 5.41) is 0. The lowest BCUT2D eigenvalue weighted by molar-refractivity contribution is -0.135. The molecule has 0 aliphatic carbocycles. The number of rotatable bonds is 5. The number of carbonyl (C=O) groups excluding carboxylic acids is 2. The smallest absolute Gasteiger partial charge is 0.264 e. The fraction of sp³-hybridized carbons (Fsp3) is 0.600. The molecule has 1 unspecified atom stereocenters. The third-order valence-corrected chi connectivity index (χ3v) is 4.86. The maximum Gasteiger partial charge on any atom is 0.264 e. The summed E-state index contributed by atoms with van der Waals surface area (Å²) in [6, 6.07) is 3.82. The van der Waals surface area contributed by atoms with Crippen LogP contribution in [0.4, 0.5) is 0 Å². The Kier molecular flexibility index (Phi) is 5.93. The van der Waals surface area contributed by atoms with Gasteiger partial charge in [0.25, 0.3) is 5.91 Å². The first-order valence-corrected chi connectivity index (χ1v) is 8.23. The van der Waals surface area contributed by atoms with Gasteiger partial charge in [-0.3, -0.25) is 9.59 Å². The Morgan fingerprint density at radius 2 is 1.91 bits per heavy atom. The summed E-state index contributed by atoms with van der Waals surface area (Å²) >= 11 is 1.51. The number of nitrogens with two attached hydrogens (primary N) is 1. The maximum absolute atomic E-state index is 12.4. The summed E-state index contributed by atoms with van der Waals surface area (Å²) in [5.41, 5.74) is 5.54. The first kappa shape index (κ1) is 16.9. The number of hydrogen-bond acceptors (Lipinski definition) is 5. The van der Waals surface area contributed by atoms with Crippen LogP contribution < -0.4 is 5.73 Å². The molecule has 0 aromatic carbocycles. The molecule has 6 nitrogen and oxygen atoms in total. The van der Waals surface area contributed by atoms with Crippen molar-refractivity contribution in [2.75, 3.05) is 39.8 Å². The second-order valence-electron chi connectivity index (χ2n) is 5.38. The molecule has 0 radical (unpaired) electrons. The van der Waals surface area contributed by atoms with Gasteiger partial charge in [0, 0.05) is 44.7 Å². The molecule has 1 saturated heterocycles. The largest absolute Gasteiger partial charge is 0.380 e. The normalized spacial score (nSPS) is 16.7. The second-order valence-corrected chi connectivity index (χ2v) is 6.67. The van der Waals surface area contributed by atoms with Crippen LogP contribution in [-0.2, 0) is 9.53 Å². The lowest BCUT2D eigenvalue weighted by Gasteiger charge is -2.35. The molecule has 0 saturated carbocycles. The van der Waals surface area contributed by atoms with Gasteiger partial charge in [0.15, 0.2) is 0 Å². The Hall–Kier alpha value is -1.44. The maximum atomic E-state index is 12.4. The van der Waals surface area contributed by atoms with Crippen LogP contribution in [0.1, 0.15) is 21.0 Å². The van der Waals surface area contributed by atoms with Crippen molar-refractivity contribution in [1.29, 1.82) is 0 Å². The quantitative estimate of drug-likeness (QED) is 0.865. The van der Waals surface area contributed by atoms with Gasteiger partial charge in [-0.15, -0.1) is 11.3 Å². The van der Waals surface area contributed by atoms with Crippen molar-refractivity contribution in [3.8, 4) is 0 Å². The molecule has 2 rings (SSSR count). The number of ether oxygens (including phenoxy) is 1. The van der Waals surface area contributed by atoms with E-state index >= 15 is 0 Å². The zero-order chi connectivity index (χ0) is 16.1. The van der Waals surface area contributed by atoms with Gasteiger partial charge in [-0.05, 0) is 19.1 Å². The van der Waals surface area contributed by atoms with Crippen LogP contribution in [0.3, 0.4) is 0 Å². The number of carbonyl (C=O) groups is 2. The minimum atomic E-state index is -0.235. The molecule has 2 N–H and O–H groups in total. The van der Waals surface area contributed by atoms with Crippen LogP contribution in [-0.4, -0.2) is 67.6 Å². The third kappa shape index (κ3) is 4.06. The molecule has 1 aliphatic rings. The van der Waals surface area contributed by atoms with Crippen molar-refractivity contribution in [2.24, 2.45) is 5.73 Å². The van der Waals surface area contributed by atoms with Gasteiger partial charge in [0.05, 0.1) is 17.4 Å². The third-order valence-electron chi connectivity index (χ3n) is 3.87. The van der Waals surface area contributed by atoms with Gasteiger partial charge in [-0.1, -0.05) is 0 Å². The minimum Gasteiger partial charge on any atom is -0.380 e. The summed E-state index contributed by atoms with van der Waals surface area (Å²) in [7, 11) is 1.56. The molecule has 1 atom stereocenters. The highest BCUT2D eigenvalue weighted by molar-refractivity contribution is 7.13. The van der Waals surface area contributed by atoms with Gasteiger partial charge in [-0.2, -0.15) is 0 Å². The Labute approximate surface area is 134 Å². The Morgan fingerprint density at radius 3 is 2.41 bits per heavy atom. The highest BCUT2D eigenvalue weighted by atomic mass is 32.1. The minimum absolute atomic E-state index is 0.0383. The molecule has 1 fully saturated rings. The SMILES string of the molecule is COC(CN)CC(=O)N1CCN(C(=O)c2ccc(C)s2)CC1. The van der Waals surface area contributed by atoms with Crippen molar-refractivity contribution in [3.63, 3.8) is 0 Å². The monoisotopic (exact) mass is 325 g/mol. The van der Waals surface area contributed by atoms with Crippen molar-refractivity contribution in [3.05, 3.63) is 21.9 Å². The van der Waals surface area contributed by atoms with Gasteiger partial charge < -0.3 is 20.3 Å². The van der Waals surface area contributed by atoms with E-state index in [9.17, 15) is 9.59 Å². The van der Waals surface area contributed by atoms with Crippen molar-refractivity contribution in [2.45, 2.75) is 19.4 Å². The fourth-order valence-corrected chi connectivity index (χ4v) is 3.29. The van der Waals surface area contributed by atoms with E-state index in [1.165, 1.54) is 11.3 Å². The van der Waals surface area contributed by atoms with Crippen LogP contribution in [0.5, 0.6) is 0 Å². The summed E-state index contributed by atoms with van der Waals surface area (Å²) in [4.78, 5) is 30.0. The Balaban J connectivity index is 1.85. The average Bonchev–Trinajstić information content (AvgIpc) is 2.98. The first-order valence-electron chi connectivity index (χ1n) is 7.41. The molecule has 2 heterocycles. The first-order chi connectivity index (χ1) is 10.5. The molecule has 1 aromatic rings.